The number of nitrogens with zero attached hydrogens (tertiary/aromatic N) is 2. The van der Waals surface area contributed by atoms with Gasteiger partial charge in [0.15, 0.2) is 0 Å². The van der Waals surface area contributed by atoms with Crippen LogP contribution >= 0.6 is 0 Å². The highest BCUT2D eigenvalue weighted by Crippen LogP contribution is 2.02. The van der Waals surface area contributed by atoms with Crippen LogP contribution in [0.2, 0.25) is 0 Å². The molecule has 0 aromatic heterocycles. The maximum absolute atomic E-state index is 11.6. The van der Waals surface area contributed by atoms with Crippen LogP contribution < -0.4 is 5.73 Å². The molecule has 0 spiro atoms. The molecule has 0 aromatic carbocycles. The van der Waals surface area contributed by atoms with Gasteiger partial charge in [-0.2, -0.15) is 0 Å². The van der Waals surface area contributed by atoms with E-state index in [1.807, 2.05) is 11.8 Å². The molecule has 1 aliphatic rings. The Bertz CT molecular complexity index is 176. The molecule has 76 valence electrons. The van der Waals surface area contributed by atoms with Crippen LogP contribution in [-0.2, 0) is 4.79 Å². The van der Waals surface area contributed by atoms with E-state index in [0.29, 0.717) is 0 Å². The Morgan fingerprint density at radius 3 is 2.38 bits per heavy atom. The zero-order chi connectivity index (χ0) is 9.84. The summed E-state index contributed by atoms with van der Waals surface area (Å²) in [6, 6.07) is -0.302. The van der Waals surface area contributed by atoms with Crippen LogP contribution in [0.4, 0.5) is 0 Å². The van der Waals surface area contributed by atoms with Gasteiger partial charge < -0.3 is 15.5 Å². The van der Waals surface area contributed by atoms with Crippen molar-refractivity contribution in [1.29, 1.82) is 0 Å². The predicted molar refractivity (Wildman–Crippen MR) is 52.3 cm³/mol. The Balaban J connectivity index is 2.40. The van der Waals surface area contributed by atoms with Gasteiger partial charge in [-0.25, -0.2) is 0 Å². The molecule has 2 N–H and O–H groups in total. The summed E-state index contributed by atoms with van der Waals surface area (Å²) >= 11 is 0. The summed E-state index contributed by atoms with van der Waals surface area (Å²) in [6.45, 7) is 5.51. The first-order valence-electron chi connectivity index (χ1n) is 4.88. The summed E-state index contributed by atoms with van der Waals surface area (Å²) in [5.41, 5.74) is 5.68. The molecule has 1 heterocycles. The van der Waals surface area contributed by atoms with Gasteiger partial charge in [-0.05, 0) is 13.5 Å². The molecule has 4 nitrogen and oxygen atoms in total. The van der Waals surface area contributed by atoms with Gasteiger partial charge in [0.2, 0.25) is 5.91 Å². The first-order chi connectivity index (χ1) is 6.15. The van der Waals surface area contributed by atoms with Crippen LogP contribution in [0.15, 0.2) is 0 Å². The van der Waals surface area contributed by atoms with Gasteiger partial charge >= 0.3 is 0 Å². The maximum atomic E-state index is 11.6. The Kier molecular flexibility index (Phi) is 3.69. The lowest BCUT2D eigenvalue weighted by Gasteiger charge is -2.33. The van der Waals surface area contributed by atoms with E-state index in [0.717, 1.165) is 32.6 Å². The quantitative estimate of drug-likeness (QED) is 0.631. The van der Waals surface area contributed by atoms with E-state index in [4.69, 9.17) is 5.73 Å². The Hall–Kier alpha value is -0.610. The van der Waals surface area contributed by atoms with Crippen LogP contribution in [0.3, 0.4) is 0 Å². The van der Waals surface area contributed by atoms with E-state index in [1.54, 1.807) is 0 Å². The Morgan fingerprint density at radius 1 is 1.38 bits per heavy atom. The third-order valence-corrected chi connectivity index (χ3v) is 2.57. The van der Waals surface area contributed by atoms with E-state index in [-0.39, 0.29) is 11.9 Å². The monoisotopic (exact) mass is 185 g/mol. The van der Waals surface area contributed by atoms with E-state index >= 15 is 0 Å². The Morgan fingerprint density at radius 2 is 1.92 bits per heavy atom. The second kappa shape index (κ2) is 4.58. The number of piperazine rings is 1. The van der Waals surface area contributed by atoms with Crippen molar-refractivity contribution in [2.24, 2.45) is 5.73 Å². The predicted octanol–water partition coefficient (Wildman–Crippen LogP) is -0.502. The lowest BCUT2D eigenvalue weighted by molar-refractivity contribution is -0.134. The zero-order valence-corrected chi connectivity index (χ0v) is 8.49. The fourth-order valence-corrected chi connectivity index (χ4v) is 1.44. The van der Waals surface area contributed by atoms with Gasteiger partial charge in [0.25, 0.3) is 0 Å². The van der Waals surface area contributed by atoms with Crippen LogP contribution in [0.5, 0.6) is 0 Å². The van der Waals surface area contributed by atoms with Crippen molar-refractivity contribution in [1.82, 2.24) is 9.80 Å². The number of carbonyl (C=O) groups excluding carboxylic acids is 1. The van der Waals surface area contributed by atoms with Crippen LogP contribution in [0.1, 0.15) is 13.3 Å². The highest BCUT2D eigenvalue weighted by atomic mass is 16.2. The molecular formula is C9H19N3O. The molecule has 1 atom stereocenters. The molecule has 1 saturated heterocycles. The normalized spacial score (nSPS) is 21.6. The molecule has 13 heavy (non-hydrogen) atoms. The summed E-state index contributed by atoms with van der Waals surface area (Å²) in [5, 5.41) is 0. The topological polar surface area (TPSA) is 49.6 Å². The highest BCUT2D eigenvalue weighted by Gasteiger charge is 2.22. The van der Waals surface area contributed by atoms with Gasteiger partial charge in [-0.3, -0.25) is 4.79 Å². The maximum Gasteiger partial charge on any atom is 0.239 e. The summed E-state index contributed by atoms with van der Waals surface area (Å²) in [5.74, 6) is 0.107. The van der Waals surface area contributed by atoms with Crippen molar-refractivity contribution in [3.8, 4) is 0 Å². The number of likely N-dealkylation sites (N-methyl/N-ethyl adjacent to an activating group) is 1. The van der Waals surface area contributed by atoms with Crippen LogP contribution in [-0.4, -0.2) is 55.0 Å². The molecule has 1 amide bonds. The fraction of sp³-hybridized carbons (Fsp3) is 0.889. The molecule has 0 aliphatic carbocycles. The minimum atomic E-state index is -0.302. The number of hydrogen-bond acceptors (Lipinski definition) is 3. The van der Waals surface area contributed by atoms with Crippen molar-refractivity contribution in [3.05, 3.63) is 0 Å². The van der Waals surface area contributed by atoms with Gasteiger partial charge in [0.1, 0.15) is 0 Å². The number of amides is 1. The summed E-state index contributed by atoms with van der Waals surface area (Å²) < 4.78 is 0. The van der Waals surface area contributed by atoms with Gasteiger partial charge in [-0.1, -0.05) is 6.92 Å². The van der Waals surface area contributed by atoms with Crippen LogP contribution in [0, 0.1) is 0 Å². The molecule has 4 heteroatoms. The SMILES string of the molecule is CC[C@H](N)C(=O)N1CCN(C)CC1. The Labute approximate surface area is 79.7 Å². The fourth-order valence-electron chi connectivity index (χ4n) is 1.44. The molecule has 1 fully saturated rings. The molecule has 0 radical (unpaired) electrons. The van der Waals surface area contributed by atoms with Gasteiger partial charge in [0.05, 0.1) is 6.04 Å². The van der Waals surface area contributed by atoms with Crippen molar-refractivity contribution in [2.45, 2.75) is 19.4 Å². The van der Waals surface area contributed by atoms with Gasteiger partial charge in [0, 0.05) is 26.2 Å². The molecule has 0 aromatic rings. The minimum absolute atomic E-state index is 0.107. The number of hydrogen-bond donors (Lipinski definition) is 1. The van der Waals surface area contributed by atoms with Crippen molar-refractivity contribution in [3.63, 3.8) is 0 Å². The molecule has 0 saturated carbocycles. The summed E-state index contributed by atoms with van der Waals surface area (Å²) in [7, 11) is 2.07. The lowest BCUT2D eigenvalue weighted by atomic mass is 10.2. The second-order valence-electron chi connectivity index (χ2n) is 3.64. The zero-order valence-electron chi connectivity index (χ0n) is 8.49. The van der Waals surface area contributed by atoms with Crippen molar-refractivity contribution < 1.29 is 4.79 Å². The number of carbonyl (C=O) groups is 1. The van der Waals surface area contributed by atoms with Gasteiger partial charge in [-0.15, -0.1) is 0 Å². The van der Waals surface area contributed by atoms with E-state index in [2.05, 4.69) is 11.9 Å². The number of rotatable bonds is 2. The molecule has 1 rings (SSSR count). The second-order valence-corrected chi connectivity index (χ2v) is 3.64. The van der Waals surface area contributed by atoms with E-state index in [9.17, 15) is 4.79 Å². The first kappa shape index (κ1) is 10.5. The summed E-state index contributed by atoms with van der Waals surface area (Å²) in [6.07, 6.45) is 0.727. The standard InChI is InChI=1S/C9H19N3O/c1-3-8(10)9(13)12-6-4-11(2)5-7-12/h8H,3-7,10H2,1-2H3/t8-/m0/s1. The third kappa shape index (κ3) is 2.67. The highest BCUT2D eigenvalue weighted by molar-refractivity contribution is 5.81. The largest absolute Gasteiger partial charge is 0.339 e. The van der Waals surface area contributed by atoms with E-state index < -0.39 is 0 Å². The molecule has 0 bridgehead atoms. The third-order valence-electron chi connectivity index (χ3n) is 2.57. The average molecular weight is 185 g/mol. The smallest absolute Gasteiger partial charge is 0.239 e. The number of nitrogens with two attached hydrogens (primary N) is 1. The lowest BCUT2D eigenvalue weighted by Crippen LogP contribution is -2.52. The summed E-state index contributed by atoms with van der Waals surface area (Å²) in [4.78, 5) is 15.7. The van der Waals surface area contributed by atoms with E-state index in [1.165, 1.54) is 0 Å². The van der Waals surface area contributed by atoms with Crippen molar-refractivity contribution >= 4 is 5.91 Å². The molecule has 0 unspecified atom stereocenters. The first-order valence-corrected chi connectivity index (χ1v) is 4.88. The van der Waals surface area contributed by atoms with Crippen molar-refractivity contribution in [2.75, 3.05) is 33.2 Å². The molecule has 1 aliphatic heterocycles. The minimum Gasteiger partial charge on any atom is -0.339 e. The average Bonchev–Trinajstić information content (AvgIpc) is 2.17. The van der Waals surface area contributed by atoms with Crippen LogP contribution in [0.25, 0.3) is 0 Å². The molecular weight excluding hydrogens is 166 g/mol.